The van der Waals surface area contributed by atoms with E-state index in [4.69, 9.17) is 0 Å². The van der Waals surface area contributed by atoms with E-state index in [1.165, 1.54) is 123 Å². The highest BCUT2D eigenvalue weighted by Crippen LogP contribution is 2.58. The van der Waals surface area contributed by atoms with Gasteiger partial charge in [-0.25, -0.2) is 0 Å². The van der Waals surface area contributed by atoms with Crippen LogP contribution in [0.1, 0.15) is 59.1 Å². The summed E-state index contributed by atoms with van der Waals surface area (Å²) < 4.78 is 0. The van der Waals surface area contributed by atoms with Gasteiger partial charge in [-0.3, -0.25) is 0 Å². The molecule has 2 aliphatic carbocycles. The lowest BCUT2D eigenvalue weighted by molar-refractivity contribution is 0.690. The number of fused-ring (bicyclic) bond motifs is 8. The summed E-state index contributed by atoms with van der Waals surface area (Å²) in [5.41, 5.74) is 17.8. The second kappa shape index (κ2) is 15.4. The van der Waals surface area contributed by atoms with Crippen LogP contribution in [0.4, 0.5) is 22.7 Å². The molecular weight excluding hydrogens is 805 g/mol. The summed E-state index contributed by atoms with van der Waals surface area (Å²) in [6.07, 6.45) is 13.9. The first kappa shape index (κ1) is 38.2. The molecule has 2 nitrogen and oxygen atoms in total. The summed E-state index contributed by atoms with van der Waals surface area (Å²) in [5.74, 6) is 0. The standard InChI is InChI=1S/C62H46N2S/c1-3-16-47(17-4-1)62(48-18-5-2-6-19-48)55-39-43(28-34-53(55)54-36-31-49(41-56(54)62)63-37-13-15-44-14-7-8-20-57(44)63)26-25-42-27-33-51-45(38-42)29-30-46-40-50(32-35-52(46)51)64-58-21-9-11-23-60(58)65-61-24-12-10-22-59(61)64/h1-7,9-12,14,16-19,21-36,38-41H,8,13,15,20,37H2/b26-25+. The van der Waals surface area contributed by atoms with Crippen molar-refractivity contribution < 1.29 is 0 Å². The Morgan fingerprint density at radius 1 is 0.492 bits per heavy atom. The molecule has 0 atom stereocenters. The van der Waals surface area contributed by atoms with Gasteiger partial charge in [0.05, 0.1) is 16.8 Å². The number of nitrogens with zero attached hydrogens (tertiary/aromatic N) is 2. The van der Waals surface area contributed by atoms with E-state index < -0.39 is 5.41 Å². The van der Waals surface area contributed by atoms with E-state index >= 15 is 0 Å². The third-order valence-electron chi connectivity index (χ3n) is 14.3. The van der Waals surface area contributed by atoms with Crippen molar-refractivity contribution in [2.24, 2.45) is 0 Å². The van der Waals surface area contributed by atoms with Crippen LogP contribution in [0.5, 0.6) is 0 Å². The molecule has 9 aromatic rings. The Bertz CT molecular complexity index is 3370. The molecule has 3 heteroatoms. The van der Waals surface area contributed by atoms with E-state index in [1.54, 1.807) is 0 Å². The molecule has 0 bridgehead atoms. The van der Waals surface area contributed by atoms with Crippen molar-refractivity contribution in [2.75, 3.05) is 16.3 Å². The zero-order valence-electron chi connectivity index (χ0n) is 36.1. The quantitative estimate of drug-likeness (QED) is 0.122. The van der Waals surface area contributed by atoms with Crippen LogP contribution in [-0.2, 0) is 5.41 Å². The van der Waals surface area contributed by atoms with Gasteiger partial charge < -0.3 is 9.80 Å². The van der Waals surface area contributed by atoms with Gasteiger partial charge in [0.2, 0.25) is 0 Å². The van der Waals surface area contributed by atoms with Gasteiger partial charge in [-0.05, 0) is 158 Å². The first-order chi connectivity index (χ1) is 32.2. The predicted octanol–water partition coefficient (Wildman–Crippen LogP) is 16.7. The lowest BCUT2D eigenvalue weighted by atomic mass is 9.67. The Morgan fingerprint density at radius 2 is 1.08 bits per heavy atom. The van der Waals surface area contributed by atoms with Gasteiger partial charge in [0.1, 0.15) is 0 Å². The Morgan fingerprint density at radius 3 is 1.80 bits per heavy atom. The highest BCUT2D eigenvalue weighted by atomic mass is 32.2. The first-order valence-electron chi connectivity index (χ1n) is 23.1. The van der Waals surface area contributed by atoms with Gasteiger partial charge in [0.15, 0.2) is 0 Å². The van der Waals surface area contributed by atoms with Gasteiger partial charge in [0, 0.05) is 33.4 Å². The summed E-state index contributed by atoms with van der Waals surface area (Å²) in [5, 5.41) is 5.01. The summed E-state index contributed by atoms with van der Waals surface area (Å²) in [6, 6.07) is 72.8. The maximum Gasteiger partial charge on any atom is 0.0714 e. The van der Waals surface area contributed by atoms with E-state index in [9.17, 15) is 0 Å². The zero-order chi connectivity index (χ0) is 42.9. The second-order valence-corrected chi connectivity index (χ2v) is 18.9. The third kappa shape index (κ3) is 6.17. The molecule has 0 radical (unpaired) electrons. The average molecular weight is 851 g/mol. The summed E-state index contributed by atoms with van der Waals surface area (Å²) in [7, 11) is 0. The van der Waals surface area contributed by atoms with Crippen molar-refractivity contribution in [3.05, 3.63) is 251 Å². The van der Waals surface area contributed by atoms with Gasteiger partial charge in [-0.1, -0.05) is 170 Å². The molecule has 0 saturated carbocycles. The molecule has 0 aromatic heterocycles. The molecule has 2 aliphatic heterocycles. The summed E-state index contributed by atoms with van der Waals surface area (Å²) in [4.78, 5) is 7.58. The number of hydrogen-bond acceptors (Lipinski definition) is 3. The van der Waals surface area contributed by atoms with Crippen LogP contribution in [0.3, 0.4) is 0 Å². The topological polar surface area (TPSA) is 6.48 Å². The van der Waals surface area contributed by atoms with E-state index in [2.05, 4.69) is 228 Å². The number of para-hydroxylation sites is 2. The predicted molar refractivity (Wildman–Crippen MR) is 275 cm³/mol. The minimum atomic E-state index is -0.476. The molecule has 9 aromatic carbocycles. The number of rotatable bonds is 6. The Labute approximate surface area is 385 Å². The van der Waals surface area contributed by atoms with Crippen LogP contribution in [0.2, 0.25) is 0 Å². The molecule has 13 rings (SSSR count). The number of benzene rings is 9. The largest absolute Gasteiger partial charge is 0.345 e. The van der Waals surface area contributed by atoms with Crippen LogP contribution in [0.25, 0.3) is 44.8 Å². The van der Waals surface area contributed by atoms with Crippen LogP contribution in [0.15, 0.2) is 227 Å². The maximum absolute atomic E-state index is 2.62. The fraction of sp³-hybridized carbons (Fsp3) is 0.0968. The minimum absolute atomic E-state index is 0.476. The fourth-order valence-electron chi connectivity index (χ4n) is 11.3. The molecule has 0 spiro atoms. The van der Waals surface area contributed by atoms with Crippen molar-refractivity contribution in [1.82, 2.24) is 0 Å². The van der Waals surface area contributed by atoms with E-state index in [1.807, 2.05) is 11.8 Å². The number of allylic oxidation sites excluding steroid dienone is 4. The minimum Gasteiger partial charge on any atom is -0.345 e. The zero-order valence-corrected chi connectivity index (χ0v) is 36.9. The maximum atomic E-state index is 2.62. The molecular formula is C62H46N2S. The van der Waals surface area contributed by atoms with Crippen LogP contribution in [-0.4, -0.2) is 6.54 Å². The fourth-order valence-corrected chi connectivity index (χ4v) is 12.4. The van der Waals surface area contributed by atoms with E-state index in [0.29, 0.717) is 0 Å². The van der Waals surface area contributed by atoms with Gasteiger partial charge in [-0.15, -0.1) is 0 Å². The van der Waals surface area contributed by atoms with Crippen LogP contribution in [0, 0.1) is 0 Å². The summed E-state index contributed by atoms with van der Waals surface area (Å²) in [6.45, 7) is 1.06. The number of anilines is 4. The number of hydrogen-bond donors (Lipinski definition) is 0. The van der Waals surface area contributed by atoms with Crippen molar-refractivity contribution in [3.8, 4) is 11.1 Å². The molecule has 0 fully saturated rings. The molecule has 0 N–H and O–H groups in total. The van der Waals surface area contributed by atoms with Gasteiger partial charge in [-0.2, -0.15) is 0 Å². The smallest absolute Gasteiger partial charge is 0.0714 e. The molecule has 0 unspecified atom stereocenters. The monoisotopic (exact) mass is 850 g/mol. The molecule has 310 valence electrons. The SMILES string of the molecule is C1=CC2=C(CC1)N(c1ccc3c(c1)C(c1ccccc1)(c1ccccc1)c1cc(/C=C/c4ccc5c(ccc6cc(N7c8ccccc8Sc8ccccc87)ccc65)c4)ccc1-3)CCC2. The third-order valence-corrected chi connectivity index (χ3v) is 15.4. The lowest BCUT2D eigenvalue weighted by Gasteiger charge is -2.37. The highest BCUT2D eigenvalue weighted by Gasteiger charge is 2.46. The average Bonchev–Trinajstić information content (AvgIpc) is 3.67. The Hall–Kier alpha value is -7.33. The van der Waals surface area contributed by atoms with Crippen LogP contribution < -0.4 is 9.80 Å². The molecule has 2 heterocycles. The van der Waals surface area contributed by atoms with Gasteiger partial charge >= 0.3 is 0 Å². The molecule has 4 aliphatic rings. The molecule has 0 amide bonds. The van der Waals surface area contributed by atoms with Crippen molar-refractivity contribution in [2.45, 2.75) is 40.9 Å². The lowest BCUT2D eigenvalue weighted by Crippen LogP contribution is -2.31. The van der Waals surface area contributed by atoms with E-state index in [-0.39, 0.29) is 0 Å². The van der Waals surface area contributed by atoms with Crippen LogP contribution >= 0.6 is 11.8 Å². The Balaban J connectivity index is 0.877. The molecule has 65 heavy (non-hydrogen) atoms. The normalized spacial score (nSPS) is 15.8. The van der Waals surface area contributed by atoms with Gasteiger partial charge in [0.25, 0.3) is 0 Å². The van der Waals surface area contributed by atoms with E-state index in [0.717, 1.165) is 19.4 Å². The second-order valence-electron chi connectivity index (χ2n) is 17.8. The van der Waals surface area contributed by atoms with Crippen molar-refractivity contribution >= 4 is 68.2 Å². The summed E-state index contributed by atoms with van der Waals surface area (Å²) >= 11 is 1.85. The first-order valence-corrected chi connectivity index (χ1v) is 23.9. The Kier molecular flexibility index (Phi) is 9.06. The van der Waals surface area contributed by atoms with Crippen molar-refractivity contribution in [1.29, 1.82) is 0 Å². The molecule has 0 saturated heterocycles. The highest BCUT2D eigenvalue weighted by molar-refractivity contribution is 7.99. The van der Waals surface area contributed by atoms with Crippen molar-refractivity contribution in [3.63, 3.8) is 0 Å².